The predicted octanol–water partition coefficient (Wildman–Crippen LogP) is 2.75. The predicted molar refractivity (Wildman–Crippen MR) is 127 cm³/mol. The topological polar surface area (TPSA) is 84.9 Å². The Labute approximate surface area is 194 Å². The lowest BCUT2D eigenvalue weighted by Gasteiger charge is -2.26. The molecular weight excluding hydrogens is 448 g/mol. The second kappa shape index (κ2) is 11.7. The van der Waals surface area contributed by atoms with Crippen LogP contribution < -0.4 is 10.1 Å². The van der Waals surface area contributed by atoms with Crippen molar-refractivity contribution in [2.75, 3.05) is 45.2 Å². The molecule has 1 heterocycles. The van der Waals surface area contributed by atoms with Gasteiger partial charge >= 0.3 is 0 Å². The molecule has 0 atom stereocenters. The smallest absolute Gasteiger partial charge is 0.243 e. The van der Waals surface area contributed by atoms with Gasteiger partial charge in [-0.25, -0.2) is 8.42 Å². The van der Waals surface area contributed by atoms with Crippen molar-refractivity contribution >= 4 is 27.7 Å². The Kier molecular flexibility index (Phi) is 8.98. The van der Waals surface area contributed by atoms with Crippen molar-refractivity contribution in [2.45, 2.75) is 24.5 Å². The number of hydrogen-bond donors (Lipinski definition) is 1. The van der Waals surface area contributed by atoms with Crippen molar-refractivity contribution in [2.24, 2.45) is 0 Å². The minimum atomic E-state index is -3.51. The van der Waals surface area contributed by atoms with E-state index in [-0.39, 0.29) is 10.8 Å². The van der Waals surface area contributed by atoms with Gasteiger partial charge in [-0.3, -0.25) is 4.79 Å². The highest BCUT2D eigenvalue weighted by Crippen LogP contribution is 2.20. The second-order valence-corrected chi connectivity index (χ2v) is 10.6. The Bertz CT molecular complexity index is 983. The van der Waals surface area contributed by atoms with Crippen LogP contribution in [0.1, 0.15) is 16.7 Å². The summed E-state index contributed by atoms with van der Waals surface area (Å²) < 4.78 is 37.5. The van der Waals surface area contributed by atoms with Gasteiger partial charge in [0, 0.05) is 18.8 Å². The van der Waals surface area contributed by atoms with Crippen LogP contribution in [0, 0.1) is 13.8 Å². The molecule has 1 fully saturated rings. The fraction of sp³-hybridized carbons (Fsp3) is 0.435. The van der Waals surface area contributed by atoms with Gasteiger partial charge in [0.05, 0.1) is 30.4 Å². The molecule has 7 nitrogen and oxygen atoms in total. The highest BCUT2D eigenvalue weighted by atomic mass is 32.2. The normalized spacial score (nSPS) is 14.8. The highest BCUT2D eigenvalue weighted by molar-refractivity contribution is 7.99. The van der Waals surface area contributed by atoms with E-state index in [2.05, 4.69) is 37.4 Å². The number of morpholine rings is 1. The van der Waals surface area contributed by atoms with Crippen LogP contribution in [-0.4, -0.2) is 63.8 Å². The molecule has 1 N–H and O–H groups in total. The maximum Gasteiger partial charge on any atom is 0.243 e. The summed E-state index contributed by atoms with van der Waals surface area (Å²) in [7, 11) is -3.51. The summed E-state index contributed by atoms with van der Waals surface area (Å²) in [4.78, 5) is 12.3. The zero-order valence-electron chi connectivity index (χ0n) is 18.5. The number of ether oxygens (including phenoxy) is 2. The second-order valence-electron chi connectivity index (χ2n) is 7.68. The average Bonchev–Trinajstić information content (AvgIpc) is 2.77. The molecule has 174 valence electrons. The third-order valence-electron chi connectivity index (χ3n) is 4.91. The first-order valence-corrected chi connectivity index (χ1v) is 13.2. The Balaban J connectivity index is 1.35. The first-order valence-electron chi connectivity index (χ1n) is 10.6. The van der Waals surface area contributed by atoms with E-state index < -0.39 is 10.0 Å². The summed E-state index contributed by atoms with van der Waals surface area (Å²) in [6.45, 7) is 6.40. The monoisotopic (exact) mass is 478 g/mol. The number of carbonyl (C=O) groups is 1. The molecule has 1 aliphatic rings. The van der Waals surface area contributed by atoms with E-state index in [1.165, 1.54) is 21.0 Å². The molecule has 0 spiro atoms. The lowest BCUT2D eigenvalue weighted by Crippen LogP contribution is -2.40. The Morgan fingerprint density at radius 3 is 2.41 bits per heavy atom. The molecule has 0 aliphatic carbocycles. The number of carbonyl (C=O) groups excluding carboxylic acids is 1. The maximum absolute atomic E-state index is 12.6. The first-order chi connectivity index (χ1) is 15.3. The number of sulfonamides is 1. The number of benzene rings is 2. The standard InChI is InChI=1S/C23H30N2O5S2/c1-18-13-19(2)15-20(14-18)16-31-17-23(26)24-7-10-30-21-3-5-22(6-4-21)32(27,28)25-8-11-29-12-9-25/h3-6,13-15H,7-12,16-17H2,1-2H3,(H,24,26). The van der Waals surface area contributed by atoms with Crippen LogP contribution in [0.5, 0.6) is 5.75 Å². The van der Waals surface area contributed by atoms with Gasteiger partial charge in [0.25, 0.3) is 0 Å². The van der Waals surface area contributed by atoms with E-state index in [4.69, 9.17) is 9.47 Å². The van der Waals surface area contributed by atoms with Gasteiger partial charge < -0.3 is 14.8 Å². The van der Waals surface area contributed by atoms with Crippen LogP contribution in [0.4, 0.5) is 0 Å². The first kappa shape index (κ1) is 24.6. The van der Waals surface area contributed by atoms with E-state index >= 15 is 0 Å². The van der Waals surface area contributed by atoms with Crippen LogP contribution in [-0.2, 0) is 25.3 Å². The summed E-state index contributed by atoms with van der Waals surface area (Å²) in [6.07, 6.45) is 0. The lowest BCUT2D eigenvalue weighted by molar-refractivity contribution is -0.118. The van der Waals surface area contributed by atoms with E-state index in [9.17, 15) is 13.2 Å². The molecule has 0 saturated carbocycles. The van der Waals surface area contributed by atoms with Crippen molar-refractivity contribution in [3.8, 4) is 5.75 Å². The Morgan fingerprint density at radius 2 is 1.75 bits per heavy atom. The highest BCUT2D eigenvalue weighted by Gasteiger charge is 2.26. The van der Waals surface area contributed by atoms with Crippen molar-refractivity contribution in [3.63, 3.8) is 0 Å². The molecular formula is C23H30N2O5S2. The molecule has 0 unspecified atom stereocenters. The molecule has 9 heteroatoms. The van der Waals surface area contributed by atoms with Gasteiger partial charge in [0.2, 0.25) is 15.9 Å². The van der Waals surface area contributed by atoms with Crippen LogP contribution in [0.15, 0.2) is 47.4 Å². The zero-order valence-corrected chi connectivity index (χ0v) is 20.1. The van der Waals surface area contributed by atoms with E-state index in [1.807, 2.05) is 0 Å². The quantitative estimate of drug-likeness (QED) is 0.529. The fourth-order valence-corrected chi connectivity index (χ4v) is 5.67. The third kappa shape index (κ3) is 7.23. The van der Waals surface area contributed by atoms with Crippen LogP contribution in [0.2, 0.25) is 0 Å². The van der Waals surface area contributed by atoms with Gasteiger partial charge in [0.15, 0.2) is 0 Å². The van der Waals surface area contributed by atoms with E-state index in [0.717, 1.165) is 5.75 Å². The van der Waals surface area contributed by atoms with Crippen molar-refractivity contribution in [1.29, 1.82) is 0 Å². The molecule has 2 aromatic rings. The third-order valence-corrected chi connectivity index (χ3v) is 7.82. The minimum absolute atomic E-state index is 0.0325. The number of nitrogens with one attached hydrogen (secondary N) is 1. The number of hydrogen-bond acceptors (Lipinski definition) is 6. The van der Waals surface area contributed by atoms with Crippen LogP contribution in [0.25, 0.3) is 0 Å². The summed E-state index contributed by atoms with van der Waals surface area (Å²) in [5, 5.41) is 2.84. The summed E-state index contributed by atoms with van der Waals surface area (Å²) in [5.41, 5.74) is 3.69. The average molecular weight is 479 g/mol. The van der Waals surface area contributed by atoms with E-state index in [1.54, 1.807) is 36.0 Å². The van der Waals surface area contributed by atoms with Gasteiger partial charge in [0.1, 0.15) is 12.4 Å². The van der Waals surface area contributed by atoms with Crippen LogP contribution in [0.3, 0.4) is 0 Å². The Morgan fingerprint density at radius 1 is 1.09 bits per heavy atom. The number of rotatable bonds is 10. The SMILES string of the molecule is Cc1cc(C)cc(CSCC(=O)NCCOc2ccc(S(=O)(=O)N3CCOCC3)cc2)c1. The maximum atomic E-state index is 12.6. The molecule has 1 amide bonds. The number of thioether (sulfide) groups is 1. The van der Waals surface area contributed by atoms with Gasteiger partial charge in [-0.1, -0.05) is 29.3 Å². The fourth-order valence-electron chi connectivity index (χ4n) is 3.47. The molecule has 0 bridgehead atoms. The largest absolute Gasteiger partial charge is 0.492 e. The molecule has 3 rings (SSSR count). The summed E-state index contributed by atoms with van der Waals surface area (Å²) in [6, 6.07) is 12.8. The molecule has 1 aliphatic heterocycles. The molecule has 32 heavy (non-hydrogen) atoms. The minimum Gasteiger partial charge on any atom is -0.492 e. The van der Waals surface area contributed by atoms with Crippen molar-refractivity contribution in [3.05, 3.63) is 59.2 Å². The molecule has 1 saturated heterocycles. The molecule has 0 radical (unpaired) electrons. The van der Waals surface area contributed by atoms with Gasteiger partial charge in [-0.2, -0.15) is 4.31 Å². The number of nitrogens with zero attached hydrogens (tertiary/aromatic N) is 1. The van der Waals surface area contributed by atoms with Crippen molar-refractivity contribution < 1.29 is 22.7 Å². The van der Waals surface area contributed by atoms with Gasteiger partial charge in [-0.15, -0.1) is 11.8 Å². The summed E-state index contributed by atoms with van der Waals surface area (Å²) in [5.74, 6) is 1.71. The Hall–Kier alpha value is -2.07. The number of aryl methyl sites for hydroxylation is 2. The van der Waals surface area contributed by atoms with Gasteiger partial charge in [-0.05, 0) is 43.7 Å². The van der Waals surface area contributed by atoms with Crippen LogP contribution >= 0.6 is 11.8 Å². The van der Waals surface area contributed by atoms with E-state index in [0.29, 0.717) is 51.0 Å². The summed E-state index contributed by atoms with van der Waals surface area (Å²) >= 11 is 1.58. The zero-order chi connectivity index (χ0) is 23.0. The number of amides is 1. The van der Waals surface area contributed by atoms with Crippen molar-refractivity contribution in [1.82, 2.24) is 9.62 Å². The lowest BCUT2D eigenvalue weighted by atomic mass is 10.1. The molecule has 2 aromatic carbocycles. The molecule has 0 aromatic heterocycles.